The summed E-state index contributed by atoms with van der Waals surface area (Å²) in [5.74, 6) is -8.13. The summed E-state index contributed by atoms with van der Waals surface area (Å²) < 4.78 is 0. The molecule has 22 heteroatoms. The van der Waals surface area contributed by atoms with Gasteiger partial charge in [0.15, 0.2) is 0 Å². The molecule has 10 amide bonds. The second-order valence-corrected chi connectivity index (χ2v) is 21.0. The van der Waals surface area contributed by atoms with Crippen molar-refractivity contribution >= 4 is 59.1 Å². The summed E-state index contributed by atoms with van der Waals surface area (Å²) in [5.41, 5.74) is -9.45. The smallest absolute Gasteiger partial charge is 0.248 e. The largest absolute Gasteiger partial charge is 0.394 e. The Balaban J connectivity index is 3.10. The van der Waals surface area contributed by atoms with Crippen molar-refractivity contribution in [3.05, 3.63) is 0 Å². The molecule has 1 aliphatic heterocycles. The summed E-state index contributed by atoms with van der Waals surface area (Å²) in [7, 11) is 0. The van der Waals surface area contributed by atoms with Crippen LogP contribution in [0.25, 0.3) is 0 Å². The van der Waals surface area contributed by atoms with Gasteiger partial charge in [-0.15, -0.1) is 0 Å². The van der Waals surface area contributed by atoms with Gasteiger partial charge in [0.25, 0.3) is 0 Å². The molecule has 0 unspecified atom stereocenters. The third kappa shape index (κ3) is 16.4. The van der Waals surface area contributed by atoms with Gasteiger partial charge in [0.05, 0.1) is 19.3 Å². The van der Waals surface area contributed by atoms with Gasteiger partial charge in [-0.25, -0.2) is 0 Å². The lowest BCUT2D eigenvalue weighted by Gasteiger charge is -2.36. The lowest BCUT2D eigenvalue weighted by atomic mass is 9.93. The average molecular weight is 953 g/mol. The van der Waals surface area contributed by atoms with E-state index in [9.17, 15) is 58.2 Å². The summed E-state index contributed by atoms with van der Waals surface area (Å²) in [6.45, 7) is 24.3. The molecule has 382 valence electrons. The van der Waals surface area contributed by atoms with E-state index >= 15 is 0 Å². The number of hydrogen-bond acceptors (Lipinski definition) is 12. The Morgan fingerprint density at radius 3 is 1.34 bits per heavy atom. The van der Waals surface area contributed by atoms with E-state index in [1.54, 1.807) is 27.7 Å². The molecule has 0 bridgehead atoms. The monoisotopic (exact) mass is 953 g/mol. The maximum Gasteiger partial charge on any atom is 0.248 e. The number of aliphatic hydroxyl groups excluding tert-OH is 2. The molecule has 0 spiro atoms. The van der Waals surface area contributed by atoms with E-state index in [-0.39, 0.29) is 6.61 Å². The van der Waals surface area contributed by atoms with Crippen molar-refractivity contribution in [2.75, 3.05) is 19.8 Å². The highest BCUT2D eigenvalue weighted by Crippen LogP contribution is 2.22. The van der Waals surface area contributed by atoms with Crippen LogP contribution in [0.1, 0.15) is 137 Å². The Bertz CT molecular complexity index is 1880. The topological polar surface area (TPSA) is 323 Å². The van der Waals surface area contributed by atoms with Crippen LogP contribution in [-0.4, -0.2) is 151 Å². The Labute approximate surface area is 395 Å². The molecule has 0 aromatic carbocycles. The molecule has 0 radical (unpaired) electrons. The minimum atomic E-state index is -1.73. The lowest BCUT2D eigenvalue weighted by molar-refractivity contribution is -0.143. The highest BCUT2D eigenvalue weighted by atomic mass is 16.3. The van der Waals surface area contributed by atoms with Crippen molar-refractivity contribution in [2.45, 2.75) is 194 Å². The van der Waals surface area contributed by atoms with Gasteiger partial charge >= 0.3 is 0 Å². The quantitative estimate of drug-likeness (QED) is 0.0558. The van der Waals surface area contributed by atoms with Gasteiger partial charge in [-0.2, -0.15) is 0 Å². The summed E-state index contributed by atoms with van der Waals surface area (Å²) in [6.07, 6.45) is 1.69. The van der Waals surface area contributed by atoms with Gasteiger partial charge in [-0.3, -0.25) is 47.9 Å². The number of nitrogens with one attached hydrogen (secondary N) is 9. The summed E-state index contributed by atoms with van der Waals surface area (Å²) >= 11 is 0. The van der Waals surface area contributed by atoms with Crippen molar-refractivity contribution < 1.29 is 58.2 Å². The first-order chi connectivity index (χ1) is 30.3. The maximum atomic E-state index is 13.9. The second-order valence-electron chi connectivity index (χ2n) is 21.0. The number of hydrogen-bond donors (Lipinski definition) is 11. The molecule has 22 nitrogen and oxygen atoms in total. The lowest BCUT2D eigenvalue weighted by Crippen LogP contribution is -2.67. The molecular weight excluding hydrogens is 873 g/mol. The third-order valence-electron chi connectivity index (χ3n) is 11.7. The first-order valence-corrected chi connectivity index (χ1v) is 22.7. The first-order valence-electron chi connectivity index (χ1n) is 22.7. The van der Waals surface area contributed by atoms with Crippen LogP contribution in [0.15, 0.2) is 0 Å². The molecule has 1 rings (SSSR count). The second kappa shape index (κ2) is 23.1. The van der Waals surface area contributed by atoms with Gasteiger partial charge in [-0.1, -0.05) is 34.1 Å². The van der Waals surface area contributed by atoms with Crippen molar-refractivity contribution in [1.82, 2.24) is 52.8 Å². The van der Waals surface area contributed by atoms with Crippen LogP contribution in [0.4, 0.5) is 0 Å². The summed E-state index contributed by atoms with van der Waals surface area (Å²) in [6, 6.07) is -4.34. The fraction of sp³-hybridized carbons (Fsp3) is 0.778. The van der Waals surface area contributed by atoms with Crippen molar-refractivity contribution in [3.8, 4) is 0 Å². The predicted octanol–water partition coefficient (Wildman–Crippen LogP) is -1.49. The molecule has 1 heterocycles. The predicted molar refractivity (Wildman–Crippen MR) is 248 cm³/mol. The SMILES string of the molecule is CC[C@H](C)[C@H](NC(=O)C(C)(C)NC(=O)[C@@H](NC(=O)C(C)(C)NC(=O)C(C)(C)NC(C)=O)C(C)C)C(=O)NC(C)(C)C(=O)NC(C)(C)C(=O)N[C@@H](CO)C(=O)NC(C)(C)C(=O)N1CCC[C@H]1CO. The number of likely N-dealkylation sites (tertiary alicyclic amines) is 1. The number of carbonyl (C=O) groups is 10. The highest BCUT2D eigenvalue weighted by molar-refractivity contribution is 6.01. The molecule has 0 saturated carbocycles. The van der Waals surface area contributed by atoms with Gasteiger partial charge < -0.3 is 63.0 Å². The highest BCUT2D eigenvalue weighted by Gasteiger charge is 2.44. The normalized spacial score (nSPS) is 16.6. The minimum Gasteiger partial charge on any atom is -0.394 e. The van der Waals surface area contributed by atoms with E-state index in [4.69, 9.17) is 0 Å². The van der Waals surface area contributed by atoms with Gasteiger partial charge in [-0.05, 0) is 108 Å². The Morgan fingerprint density at radius 2 is 0.925 bits per heavy atom. The van der Waals surface area contributed by atoms with Crippen LogP contribution in [0.5, 0.6) is 0 Å². The van der Waals surface area contributed by atoms with E-state index in [1.165, 1.54) is 94.9 Å². The minimum absolute atomic E-state index is 0.236. The molecular formula is C45H80N10O12. The average Bonchev–Trinajstić information content (AvgIpc) is 3.67. The van der Waals surface area contributed by atoms with E-state index in [0.717, 1.165) is 0 Å². The summed E-state index contributed by atoms with van der Waals surface area (Å²) in [5, 5.41) is 42.9. The van der Waals surface area contributed by atoms with Crippen LogP contribution in [0.2, 0.25) is 0 Å². The van der Waals surface area contributed by atoms with Crippen LogP contribution < -0.4 is 47.9 Å². The molecule has 0 aromatic rings. The van der Waals surface area contributed by atoms with Gasteiger partial charge in [0.1, 0.15) is 51.4 Å². The van der Waals surface area contributed by atoms with Crippen molar-refractivity contribution in [1.29, 1.82) is 0 Å². The van der Waals surface area contributed by atoms with Crippen molar-refractivity contribution in [3.63, 3.8) is 0 Å². The van der Waals surface area contributed by atoms with E-state index in [1.807, 2.05) is 0 Å². The Hall–Kier alpha value is -5.38. The zero-order valence-corrected chi connectivity index (χ0v) is 42.6. The number of aliphatic hydroxyl groups is 2. The molecule has 0 aliphatic carbocycles. The van der Waals surface area contributed by atoms with E-state index in [2.05, 4.69) is 47.9 Å². The van der Waals surface area contributed by atoms with Crippen LogP contribution in [0.3, 0.4) is 0 Å². The number of rotatable bonds is 23. The standard InChI is InChI=1S/C45H80N10O12/c1-18-25(4)30(48-35(63)40(6,7)51-32(60)29(24(2)3)47-36(64)42(10,11)53-37(65)43(12,13)49-26(5)58)33(61)52-44(14,15)38(66)54-41(8,9)34(62)46-28(23-57)31(59)50-45(16,17)39(67)55-21-19-20-27(55)22-56/h24-25,27-30,56-57H,18-23H2,1-17H3,(H,46,62)(H,47,64)(H,48,63)(H,49,58)(H,50,59)(H,51,60)(H,52,61)(H,53,65)(H,54,66)/t25-,27-,28-,29-,30-/m0/s1. The molecule has 1 saturated heterocycles. The fourth-order valence-corrected chi connectivity index (χ4v) is 6.89. The number of amides is 10. The number of carbonyl (C=O) groups excluding carboxylic acids is 10. The van der Waals surface area contributed by atoms with Crippen LogP contribution in [0, 0.1) is 11.8 Å². The Kier molecular flexibility index (Phi) is 20.5. The zero-order chi connectivity index (χ0) is 52.4. The van der Waals surface area contributed by atoms with Crippen LogP contribution in [-0.2, 0) is 47.9 Å². The molecule has 67 heavy (non-hydrogen) atoms. The first kappa shape index (κ1) is 59.6. The Morgan fingerprint density at radius 1 is 0.537 bits per heavy atom. The maximum absolute atomic E-state index is 13.9. The fourth-order valence-electron chi connectivity index (χ4n) is 6.89. The zero-order valence-electron chi connectivity index (χ0n) is 42.6. The van der Waals surface area contributed by atoms with E-state index in [0.29, 0.717) is 25.8 Å². The summed E-state index contributed by atoms with van der Waals surface area (Å²) in [4.78, 5) is 135. The molecule has 1 aliphatic rings. The van der Waals surface area contributed by atoms with Crippen LogP contribution >= 0.6 is 0 Å². The van der Waals surface area contributed by atoms with Crippen molar-refractivity contribution in [2.24, 2.45) is 11.8 Å². The molecule has 5 atom stereocenters. The van der Waals surface area contributed by atoms with E-state index < -0.39 is 135 Å². The molecule has 1 fully saturated rings. The van der Waals surface area contributed by atoms with Gasteiger partial charge in [0, 0.05) is 13.5 Å². The van der Waals surface area contributed by atoms with Gasteiger partial charge in [0.2, 0.25) is 59.1 Å². The molecule has 0 aromatic heterocycles. The molecule has 11 N–H and O–H groups in total. The number of nitrogens with zero attached hydrogens (tertiary/aromatic N) is 1. The third-order valence-corrected chi connectivity index (χ3v) is 11.7.